The maximum atomic E-state index is 13.7. The molecule has 26 heavy (non-hydrogen) atoms. The second-order valence-corrected chi connectivity index (χ2v) is 7.07. The minimum Gasteiger partial charge on any atom is -0.486 e. The molecule has 1 aromatic heterocycles. The summed E-state index contributed by atoms with van der Waals surface area (Å²) < 4.78 is 19.3. The maximum absolute atomic E-state index is 13.7. The molecule has 0 aliphatic rings. The van der Waals surface area contributed by atoms with Gasteiger partial charge >= 0.3 is 0 Å². The van der Waals surface area contributed by atoms with Crippen molar-refractivity contribution in [2.75, 3.05) is 5.32 Å². The van der Waals surface area contributed by atoms with E-state index in [1.54, 1.807) is 24.3 Å². The molecule has 134 valence electrons. The molecule has 1 heterocycles. The van der Waals surface area contributed by atoms with Crippen molar-refractivity contribution in [3.05, 3.63) is 68.9 Å². The summed E-state index contributed by atoms with van der Waals surface area (Å²) in [4.78, 5) is 12.1. The van der Waals surface area contributed by atoms with E-state index < -0.39 is 11.7 Å². The number of halogens is 3. The summed E-state index contributed by atoms with van der Waals surface area (Å²) in [6.45, 7) is 0.203. The van der Waals surface area contributed by atoms with E-state index in [9.17, 15) is 9.18 Å². The van der Waals surface area contributed by atoms with Crippen molar-refractivity contribution in [2.45, 2.75) is 13.0 Å². The van der Waals surface area contributed by atoms with Gasteiger partial charge in [0.25, 0.3) is 0 Å². The van der Waals surface area contributed by atoms with Crippen LogP contribution in [0.25, 0.3) is 0 Å². The molecule has 0 aliphatic carbocycles. The fourth-order valence-electron chi connectivity index (χ4n) is 2.06. The minimum absolute atomic E-state index is 0.141. The summed E-state index contributed by atoms with van der Waals surface area (Å²) in [5.74, 6) is -0.315. The summed E-state index contributed by atoms with van der Waals surface area (Å²) in [6, 6.07) is 11.2. The van der Waals surface area contributed by atoms with Gasteiger partial charge < -0.3 is 10.1 Å². The Morgan fingerprint density at radius 3 is 2.65 bits per heavy atom. The van der Waals surface area contributed by atoms with E-state index in [4.69, 9.17) is 27.9 Å². The van der Waals surface area contributed by atoms with E-state index in [1.807, 2.05) is 0 Å². The number of carbonyl (C=O) groups is 1. The number of nitrogens with zero attached hydrogens (tertiary/aromatic N) is 2. The minimum atomic E-state index is -0.526. The largest absolute Gasteiger partial charge is 0.486 e. The number of benzene rings is 2. The van der Waals surface area contributed by atoms with Crippen LogP contribution in [0.5, 0.6) is 5.75 Å². The van der Waals surface area contributed by atoms with Crippen molar-refractivity contribution < 1.29 is 13.9 Å². The van der Waals surface area contributed by atoms with Crippen LogP contribution in [0, 0.1) is 5.82 Å². The average molecular weight is 412 g/mol. The van der Waals surface area contributed by atoms with Gasteiger partial charge in [-0.25, -0.2) is 4.39 Å². The van der Waals surface area contributed by atoms with Crippen LogP contribution < -0.4 is 10.1 Å². The Kier molecular flexibility index (Phi) is 6.03. The summed E-state index contributed by atoms with van der Waals surface area (Å²) in [7, 11) is 0. The third-order valence-corrected chi connectivity index (χ3v) is 4.71. The van der Waals surface area contributed by atoms with Crippen LogP contribution in [-0.2, 0) is 17.8 Å². The number of hydrogen-bond donors (Lipinski definition) is 1. The van der Waals surface area contributed by atoms with Crippen LogP contribution in [-0.4, -0.2) is 16.1 Å². The van der Waals surface area contributed by atoms with Gasteiger partial charge in [0, 0.05) is 15.6 Å². The summed E-state index contributed by atoms with van der Waals surface area (Å²) in [5.41, 5.74) is 0.141. The highest BCUT2D eigenvalue weighted by atomic mass is 35.5. The predicted molar refractivity (Wildman–Crippen MR) is 99.4 cm³/mol. The first kappa shape index (κ1) is 18.6. The third kappa shape index (κ3) is 4.91. The number of hydrogen-bond acceptors (Lipinski definition) is 5. The monoisotopic (exact) mass is 411 g/mol. The average Bonchev–Trinajstić information content (AvgIpc) is 3.05. The molecule has 0 saturated carbocycles. The second kappa shape index (κ2) is 8.44. The van der Waals surface area contributed by atoms with Crippen molar-refractivity contribution in [1.29, 1.82) is 0 Å². The number of nitrogens with one attached hydrogen (secondary N) is 1. The molecule has 0 bridgehead atoms. The highest BCUT2D eigenvalue weighted by Gasteiger charge is 2.14. The lowest BCUT2D eigenvalue weighted by Crippen LogP contribution is -2.15. The quantitative estimate of drug-likeness (QED) is 0.635. The van der Waals surface area contributed by atoms with Crippen LogP contribution in [0.3, 0.4) is 0 Å². The molecule has 0 radical (unpaired) electrons. The Labute approximate surface area is 162 Å². The van der Waals surface area contributed by atoms with Crippen LogP contribution in [0.1, 0.15) is 10.6 Å². The fraction of sp³-hybridized carbons (Fsp3) is 0.118. The van der Waals surface area contributed by atoms with Gasteiger partial charge in [0.1, 0.15) is 18.2 Å². The van der Waals surface area contributed by atoms with Crippen LogP contribution in [0.15, 0.2) is 42.5 Å². The smallest absolute Gasteiger partial charge is 0.230 e. The van der Waals surface area contributed by atoms with Gasteiger partial charge in [-0.1, -0.05) is 40.6 Å². The Morgan fingerprint density at radius 1 is 1.15 bits per heavy atom. The predicted octanol–water partition coefficient (Wildman–Crippen LogP) is 4.74. The molecule has 5 nitrogen and oxygen atoms in total. The third-order valence-electron chi connectivity index (χ3n) is 3.29. The molecule has 0 saturated heterocycles. The standard InChI is InChI=1S/C17H12Cl2FN3O2S/c18-10-4-6-11(7-5-10)25-9-16-22-23-17(26-16)21-15(24)8-12-13(19)2-1-3-14(12)20/h1-7H,8-9H2,(H,21,23,24). The summed E-state index contributed by atoms with van der Waals surface area (Å²) >= 11 is 12.9. The molecule has 1 amide bonds. The summed E-state index contributed by atoms with van der Waals surface area (Å²) in [6.07, 6.45) is -0.193. The van der Waals surface area contributed by atoms with Crippen LogP contribution in [0.2, 0.25) is 10.0 Å². The molecule has 1 N–H and O–H groups in total. The van der Waals surface area contributed by atoms with Gasteiger partial charge in [-0.05, 0) is 36.4 Å². The fourth-order valence-corrected chi connectivity index (χ4v) is 3.09. The number of rotatable bonds is 6. The zero-order chi connectivity index (χ0) is 18.5. The molecule has 0 atom stereocenters. The van der Waals surface area contributed by atoms with E-state index in [0.29, 0.717) is 20.9 Å². The van der Waals surface area contributed by atoms with E-state index in [2.05, 4.69) is 15.5 Å². The van der Waals surface area contributed by atoms with E-state index in [-0.39, 0.29) is 23.6 Å². The van der Waals surface area contributed by atoms with Crippen LogP contribution >= 0.6 is 34.5 Å². The maximum Gasteiger partial charge on any atom is 0.230 e. The summed E-state index contributed by atoms with van der Waals surface area (Å²) in [5, 5.41) is 12.1. The number of anilines is 1. The topological polar surface area (TPSA) is 64.1 Å². The van der Waals surface area contributed by atoms with Crippen molar-refractivity contribution in [1.82, 2.24) is 10.2 Å². The lowest BCUT2D eigenvalue weighted by atomic mass is 10.1. The Hall–Kier alpha value is -2.22. The Bertz CT molecular complexity index is 898. The first-order valence-corrected chi connectivity index (χ1v) is 9.02. The van der Waals surface area contributed by atoms with Crippen molar-refractivity contribution in [3.63, 3.8) is 0 Å². The zero-order valence-electron chi connectivity index (χ0n) is 13.2. The van der Waals surface area contributed by atoms with Gasteiger partial charge in [-0.3, -0.25) is 4.79 Å². The molecule has 2 aromatic carbocycles. The van der Waals surface area contributed by atoms with Gasteiger partial charge in [-0.2, -0.15) is 0 Å². The number of carbonyl (C=O) groups excluding carboxylic acids is 1. The first-order chi connectivity index (χ1) is 12.5. The van der Waals surface area contributed by atoms with E-state index >= 15 is 0 Å². The molecule has 3 rings (SSSR count). The lowest BCUT2D eigenvalue weighted by Gasteiger charge is -2.05. The van der Waals surface area contributed by atoms with Crippen LogP contribution in [0.4, 0.5) is 9.52 Å². The number of aromatic nitrogens is 2. The lowest BCUT2D eigenvalue weighted by molar-refractivity contribution is -0.115. The SMILES string of the molecule is O=C(Cc1c(F)cccc1Cl)Nc1nnc(COc2ccc(Cl)cc2)s1. The molecule has 0 unspecified atom stereocenters. The van der Waals surface area contributed by atoms with Gasteiger partial charge in [0.15, 0.2) is 5.01 Å². The number of ether oxygens (including phenoxy) is 1. The first-order valence-electron chi connectivity index (χ1n) is 7.45. The number of amides is 1. The molecule has 3 aromatic rings. The highest BCUT2D eigenvalue weighted by molar-refractivity contribution is 7.15. The van der Waals surface area contributed by atoms with Crippen molar-refractivity contribution >= 4 is 45.6 Å². The highest BCUT2D eigenvalue weighted by Crippen LogP contribution is 2.22. The zero-order valence-corrected chi connectivity index (χ0v) is 15.5. The van der Waals surface area contributed by atoms with Gasteiger partial charge in [0.2, 0.25) is 11.0 Å². The molecule has 0 spiro atoms. The van der Waals surface area contributed by atoms with E-state index in [1.165, 1.54) is 29.5 Å². The van der Waals surface area contributed by atoms with Crippen molar-refractivity contribution in [2.24, 2.45) is 0 Å². The molecule has 0 fully saturated rings. The Morgan fingerprint density at radius 2 is 1.92 bits per heavy atom. The van der Waals surface area contributed by atoms with Gasteiger partial charge in [0.05, 0.1) is 6.42 Å². The second-order valence-electron chi connectivity index (χ2n) is 5.17. The molecular formula is C17H12Cl2FN3O2S. The molecule has 0 aliphatic heterocycles. The Balaban J connectivity index is 1.56. The normalized spacial score (nSPS) is 10.6. The molecular weight excluding hydrogens is 400 g/mol. The molecule has 9 heteroatoms. The van der Waals surface area contributed by atoms with Gasteiger partial charge in [-0.15, -0.1) is 10.2 Å². The van der Waals surface area contributed by atoms with Crippen molar-refractivity contribution in [3.8, 4) is 5.75 Å². The van der Waals surface area contributed by atoms with E-state index in [0.717, 1.165) is 0 Å².